The van der Waals surface area contributed by atoms with Crippen molar-refractivity contribution in [2.45, 2.75) is 87.3 Å². The predicted octanol–water partition coefficient (Wildman–Crippen LogP) is 2.09. The van der Waals surface area contributed by atoms with Gasteiger partial charge in [-0.15, -0.1) is 0 Å². The molecule has 1 saturated heterocycles. The number of benzene rings is 1. The van der Waals surface area contributed by atoms with E-state index >= 15 is 0 Å². The number of nitrogens with one attached hydrogen (secondary N) is 3. The van der Waals surface area contributed by atoms with Gasteiger partial charge in [-0.1, -0.05) is 44.2 Å². The normalized spacial score (nSPS) is 31.2. The standard InChI is InChI=1S/C35H45N5O10S/c1-20-8-4-5-9-22-16-35(22,32(44)39-51(47,48)34(19-41)12-13-34)38-29(42)26-15-23(18-40(26)31(43)28(21(2)14-20)37-33(45)46)50-30-25-11-7-6-10-24(25)27(49-3)17-36-30/h5-7,9-11,17,20-23,26,28,37,41H,4,8,12-16,18-19H2,1-3H3,(H,38,42)(H,39,44)(H,45,46)/b9-5-/t20-,21+,22+,23+,26-,28-,35+/m0/s1. The monoisotopic (exact) mass is 727 g/mol. The fourth-order valence-corrected chi connectivity index (χ4v) is 8.93. The third-order valence-corrected chi connectivity index (χ3v) is 12.9. The summed E-state index contributed by atoms with van der Waals surface area (Å²) in [6.07, 6.45) is 5.45. The fourth-order valence-electron chi connectivity index (χ4n) is 7.48. The number of aliphatic hydroxyl groups is 1. The second-order valence-corrected chi connectivity index (χ2v) is 16.5. The molecule has 6 rings (SSSR count). The van der Waals surface area contributed by atoms with Gasteiger partial charge < -0.3 is 35.2 Å². The number of allylic oxidation sites excluding steroid dienone is 1. The Balaban J connectivity index is 1.34. The van der Waals surface area contributed by atoms with Crippen LogP contribution in [0.4, 0.5) is 4.79 Å². The summed E-state index contributed by atoms with van der Waals surface area (Å²) in [5.74, 6) is -2.30. The lowest BCUT2D eigenvalue weighted by Gasteiger charge is -2.32. The zero-order valence-electron chi connectivity index (χ0n) is 28.8. The molecule has 2 saturated carbocycles. The van der Waals surface area contributed by atoms with Crippen molar-refractivity contribution in [3.63, 3.8) is 0 Å². The number of carbonyl (C=O) groups is 4. The SMILES string of the molecule is COc1cnc(O[C@@H]2C[C@H]3C(=O)N[C@]4(C(=O)NS(=O)(=O)C5(CO)CC5)C[C@H]4/C=C\CC[C@H](C)C[C@@H](C)[C@H](NC(=O)O)C(=O)N3C2)c2ccccc12. The molecule has 0 bridgehead atoms. The number of hydrogen-bond donors (Lipinski definition) is 5. The van der Waals surface area contributed by atoms with Gasteiger partial charge in [0.1, 0.15) is 34.2 Å². The van der Waals surface area contributed by atoms with Crippen molar-refractivity contribution >= 4 is 44.6 Å². The Hall–Kier alpha value is -4.44. The summed E-state index contributed by atoms with van der Waals surface area (Å²) in [5.41, 5.74) is -1.62. The number of hydrogen-bond acceptors (Lipinski definition) is 10. The van der Waals surface area contributed by atoms with Crippen molar-refractivity contribution < 1.29 is 47.3 Å². The molecular formula is C35H45N5O10S. The first-order valence-electron chi connectivity index (χ1n) is 17.3. The molecule has 3 fully saturated rings. The molecule has 3 heterocycles. The highest BCUT2D eigenvalue weighted by Crippen LogP contribution is 2.47. The first-order valence-corrected chi connectivity index (χ1v) is 18.8. The van der Waals surface area contributed by atoms with E-state index in [0.717, 1.165) is 5.39 Å². The van der Waals surface area contributed by atoms with Crippen molar-refractivity contribution in [2.75, 3.05) is 20.3 Å². The predicted molar refractivity (Wildman–Crippen MR) is 184 cm³/mol. The van der Waals surface area contributed by atoms with E-state index in [1.54, 1.807) is 13.0 Å². The number of ether oxygens (including phenoxy) is 2. The van der Waals surface area contributed by atoms with E-state index in [2.05, 4.69) is 20.3 Å². The average molecular weight is 728 g/mol. The molecule has 4 aliphatic rings. The molecule has 2 aliphatic carbocycles. The molecule has 2 aliphatic heterocycles. The second kappa shape index (κ2) is 13.9. The van der Waals surface area contributed by atoms with Crippen molar-refractivity contribution in [3.05, 3.63) is 42.6 Å². The van der Waals surface area contributed by atoms with Crippen LogP contribution in [0.2, 0.25) is 0 Å². The highest BCUT2D eigenvalue weighted by atomic mass is 32.2. The van der Waals surface area contributed by atoms with E-state index in [-0.39, 0.29) is 44.0 Å². The number of aromatic nitrogens is 1. The lowest BCUT2D eigenvalue weighted by molar-refractivity contribution is -0.142. The van der Waals surface area contributed by atoms with Crippen LogP contribution in [0.1, 0.15) is 58.8 Å². The summed E-state index contributed by atoms with van der Waals surface area (Å²) in [6.45, 7) is 3.08. The average Bonchev–Trinajstić information content (AvgIpc) is 4.00. The molecular weight excluding hydrogens is 682 g/mol. The van der Waals surface area contributed by atoms with Gasteiger partial charge in [0.2, 0.25) is 27.7 Å². The van der Waals surface area contributed by atoms with E-state index in [1.807, 2.05) is 37.3 Å². The molecule has 16 heteroatoms. The maximum Gasteiger partial charge on any atom is 0.405 e. The molecule has 1 aromatic carbocycles. The highest BCUT2D eigenvalue weighted by Gasteiger charge is 2.64. The van der Waals surface area contributed by atoms with Gasteiger partial charge in [-0.05, 0) is 56.4 Å². The topological polar surface area (TPSA) is 214 Å². The summed E-state index contributed by atoms with van der Waals surface area (Å²) >= 11 is 0. The molecule has 1 aromatic heterocycles. The molecule has 0 spiro atoms. The Morgan fingerprint density at radius 3 is 2.53 bits per heavy atom. The Labute approximate surface area is 296 Å². The minimum atomic E-state index is -4.26. The summed E-state index contributed by atoms with van der Waals surface area (Å²) in [4.78, 5) is 60.1. The summed E-state index contributed by atoms with van der Waals surface area (Å²) < 4.78 is 38.8. The van der Waals surface area contributed by atoms with Crippen LogP contribution in [0.15, 0.2) is 42.6 Å². The van der Waals surface area contributed by atoms with Crippen LogP contribution >= 0.6 is 0 Å². The van der Waals surface area contributed by atoms with Crippen molar-refractivity contribution in [2.24, 2.45) is 17.8 Å². The van der Waals surface area contributed by atoms with Crippen molar-refractivity contribution in [3.8, 4) is 11.6 Å². The summed E-state index contributed by atoms with van der Waals surface area (Å²) in [5, 5.41) is 26.1. The van der Waals surface area contributed by atoms with E-state index < -0.39 is 80.8 Å². The van der Waals surface area contributed by atoms with Gasteiger partial charge in [-0.3, -0.25) is 19.1 Å². The number of aliphatic hydroxyl groups excluding tert-OH is 1. The number of fused-ring (bicyclic) bond motifs is 3. The van der Waals surface area contributed by atoms with E-state index in [4.69, 9.17) is 9.47 Å². The van der Waals surface area contributed by atoms with Gasteiger partial charge in [0.05, 0.1) is 26.5 Å². The van der Waals surface area contributed by atoms with Gasteiger partial charge in [-0.25, -0.2) is 18.2 Å². The molecule has 0 radical (unpaired) electrons. The number of amides is 4. The Morgan fingerprint density at radius 2 is 1.86 bits per heavy atom. The maximum atomic E-state index is 14.3. The number of carboxylic acid groups (broad SMARTS) is 1. The zero-order chi connectivity index (χ0) is 36.7. The zero-order valence-corrected chi connectivity index (χ0v) is 29.6. The minimum absolute atomic E-state index is 0.0195. The number of sulfonamides is 1. The molecule has 4 amide bonds. The number of methoxy groups -OCH3 is 1. The molecule has 7 atom stereocenters. The van der Waals surface area contributed by atoms with Gasteiger partial charge in [0.25, 0.3) is 5.91 Å². The fraction of sp³-hybridized carbons (Fsp3) is 0.571. The third kappa shape index (κ3) is 7.07. The maximum absolute atomic E-state index is 14.3. The van der Waals surface area contributed by atoms with Crippen LogP contribution in [0.5, 0.6) is 11.6 Å². The van der Waals surface area contributed by atoms with Gasteiger partial charge in [0, 0.05) is 23.1 Å². The molecule has 2 aromatic rings. The minimum Gasteiger partial charge on any atom is -0.494 e. The highest BCUT2D eigenvalue weighted by molar-refractivity contribution is 7.91. The molecule has 15 nitrogen and oxygen atoms in total. The second-order valence-electron chi connectivity index (χ2n) is 14.5. The Morgan fingerprint density at radius 1 is 1.14 bits per heavy atom. The number of nitrogens with zero attached hydrogens (tertiary/aromatic N) is 2. The largest absolute Gasteiger partial charge is 0.494 e. The molecule has 5 N–H and O–H groups in total. The quantitative estimate of drug-likeness (QED) is 0.248. The number of carbonyl (C=O) groups excluding carboxylic acids is 3. The van der Waals surface area contributed by atoms with Crippen LogP contribution in [0.25, 0.3) is 10.8 Å². The molecule has 51 heavy (non-hydrogen) atoms. The smallest absolute Gasteiger partial charge is 0.405 e. The first-order chi connectivity index (χ1) is 24.2. The lowest BCUT2D eigenvalue weighted by Crippen LogP contribution is -2.59. The first kappa shape index (κ1) is 36.4. The summed E-state index contributed by atoms with van der Waals surface area (Å²) in [7, 11) is -2.73. The molecule has 0 unspecified atom stereocenters. The van der Waals surface area contributed by atoms with Crippen LogP contribution in [0, 0.1) is 17.8 Å². The summed E-state index contributed by atoms with van der Waals surface area (Å²) in [6, 6.07) is 4.93. The number of rotatable bonds is 8. The Kier molecular flexibility index (Phi) is 9.94. The van der Waals surface area contributed by atoms with E-state index in [1.165, 1.54) is 18.2 Å². The van der Waals surface area contributed by atoms with Gasteiger partial charge in [-0.2, -0.15) is 0 Å². The van der Waals surface area contributed by atoms with Crippen LogP contribution in [0.3, 0.4) is 0 Å². The Bertz CT molecular complexity index is 1850. The van der Waals surface area contributed by atoms with Crippen molar-refractivity contribution in [1.82, 2.24) is 25.2 Å². The molecule has 276 valence electrons. The van der Waals surface area contributed by atoms with Gasteiger partial charge in [0.15, 0.2) is 0 Å². The van der Waals surface area contributed by atoms with Crippen LogP contribution < -0.4 is 24.8 Å². The van der Waals surface area contributed by atoms with Gasteiger partial charge >= 0.3 is 6.09 Å². The number of pyridine rings is 1. The van der Waals surface area contributed by atoms with Crippen molar-refractivity contribution in [1.29, 1.82) is 0 Å². The van der Waals surface area contributed by atoms with E-state index in [0.29, 0.717) is 30.4 Å². The van der Waals surface area contributed by atoms with Crippen LogP contribution in [-0.4, -0.2) is 101 Å². The lowest BCUT2D eigenvalue weighted by atomic mass is 9.88. The van der Waals surface area contributed by atoms with E-state index in [9.17, 15) is 37.8 Å². The van der Waals surface area contributed by atoms with Crippen LogP contribution in [-0.2, 0) is 24.4 Å². The third-order valence-electron chi connectivity index (χ3n) is 10.8.